The van der Waals surface area contributed by atoms with Crippen molar-refractivity contribution in [2.24, 2.45) is 0 Å². The van der Waals surface area contributed by atoms with Crippen molar-refractivity contribution in [2.75, 3.05) is 0 Å². The number of hydrogen-bond donors (Lipinski definition) is 0. The predicted molar refractivity (Wildman–Crippen MR) is 122 cm³/mol. The molecular weight excluding hydrogens is 495 g/mol. The average Bonchev–Trinajstić information content (AvgIpc) is 2.74. The molecule has 5 heteroatoms. The summed E-state index contributed by atoms with van der Waals surface area (Å²) in [5, 5.41) is 3.18. The molecule has 0 saturated carbocycles. The van der Waals surface area contributed by atoms with Crippen molar-refractivity contribution in [3.63, 3.8) is 0 Å². The van der Waals surface area contributed by atoms with E-state index in [4.69, 9.17) is 0 Å². The molecule has 0 amide bonds. The van der Waals surface area contributed by atoms with Gasteiger partial charge in [-0.05, 0) is 0 Å². The van der Waals surface area contributed by atoms with Crippen molar-refractivity contribution in [3.05, 3.63) is 80.9 Å². The molecule has 0 aliphatic heterocycles. The topological polar surface area (TPSA) is 0 Å². The van der Waals surface area contributed by atoms with Crippen LogP contribution in [0, 0.1) is 27.7 Å². The quantitative estimate of drug-likeness (QED) is 0.365. The number of hydrogen-bond acceptors (Lipinski definition) is 0. The molecule has 0 radical (unpaired) electrons. The van der Waals surface area contributed by atoms with Crippen LogP contribution in [0.5, 0.6) is 0 Å². The summed E-state index contributed by atoms with van der Waals surface area (Å²) in [6.07, 6.45) is 0. The minimum absolute atomic E-state index is 0. The van der Waals surface area contributed by atoms with Crippen LogP contribution in [0.25, 0.3) is 0 Å². The Morgan fingerprint density at radius 1 is 0.581 bits per heavy atom. The fraction of sp³-hybridized carbons (Fsp3) is 0.385. The summed E-state index contributed by atoms with van der Waals surface area (Å²) in [5.41, 5.74) is 11.7. The fourth-order valence-electron chi connectivity index (χ4n) is 4.95. The summed E-state index contributed by atoms with van der Waals surface area (Å²) in [6, 6.07) is 15.7. The van der Waals surface area contributed by atoms with Gasteiger partial charge >= 0.3 is 186 Å². The second-order valence-corrected chi connectivity index (χ2v) is 13.2. The number of rotatable bonds is 4. The Morgan fingerprint density at radius 3 is 1.16 bits per heavy atom. The maximum atomic E-state index is 2.49. The molecule has 0 aromatic heterocycles. The molecule has 3 rings (SSSR count). The molecule has 1 aliphatic carbocycles. The van der Waals surface area contributed by atoms with E-state index >= 15 is 0 Å². The molecule has 0 bridgehead atoms. The first-order valence-corrected chi connectivity index (χ1v) is 13.1. The molecule has 0 nitrogen and oxygen atoms in total. The van der Waals surface area contributed by atoms with Crippen molar-refractivity contribution in [1.82, 2.24) is 0 Å². The van der Waals surface area contributed by atoms with Gasteiger partial charge < -0.3 is 37.2 Å². The van der Waals surface area contributed by atoms with Gasteiger partial charge in [-0.1, -0.05) is 0 Å². The summed E-state index contributed by atoms with van der Waals surface area (Å²) in [7, 11) is -1.38. The zero-order valence-corrected chi connectivity index (χ0v) is 24.9. The maximum Gasteiger partial charge on any atom is -1.00 e. The van der Waals surface area contributed by atoms with Gasteiger partial charge in [-0.2, -0.15) is 0 Å². The van der Waals surface area contributed by atoms with Crippen molar-refractivity contribution >= 4 is 19.2 Å². The minimum atomic E-state index is -1.38. The van der Waals surface area contributed by atoms with Crippen LogP contribution < -0.4 is 47.6 Å². The van der Waals surface area contributed by atoms with Crippen LogP contribution in [0.4, 0.5) is 0 Å². The Hall–Kier alpha value is -0.279. The standard InChI is InChI=1S/C26H33Si.3ClH.Ti/c1-16-9-17(2)12-24(11-16)27(25-13-18(3)10-19(4)14-25)15-26-22(7)20(5)21(6)23(26)8;;;;/h9-14,27H,15H2,1-8H3;3*1H;/q;;;;+3/p-3. The van der Waals surface area contributed by atoms with Gasteiger partial charge in [0.05, 0.1) is 0 Å². The summed E-state index contributed by atoms with van der Waals surface area (Å²) in [5.74, 6) is 0. The zero-order chi connectivity index (χ0) is 20.8. The second-order valence-electron chi connectivity index (χ2n) is 9.00. The first-order valence-electron chi connectivity index (χ1n) is 10.3. The van der Waals surface area contributed by atoms with E-state index in [-0.39, 0.29) is 40.9 Å². The number of benzene rings is 2. The second kappa shape index (κ2) is 11.7. The molecule has 0 saturated heterocycles. The van der Waals surface area contributed by atoms with E-state index < -0.39 is 8.80 Å². The summed E-state index contributed by atoms with van der Waals surface area (Å²) in [4.78, 5) is 0. The van der Waals surface area contributed by atoms with Gasteiger partial charge in [0, 0.05) is 0 Å². The van der Waals surface area contributed by atoms with E-state index in [1.54, 1.807) is 21.5 Å². The van der Waals surface area contributed by atoms with Gasteiger partial charge in [-0.25, -0.2) is 0 Å². The van der Waals surface area contributed by atoms with Gasteiger partial charge in [-0.15, -0.1) is 0 Å². The Labute approximate surface area is 221 Å². The van der Waals surface area contributed by atoms with Crippen LogP contribution in [0.2, 0.25) is 9.76 Å². The van der Waals surface area contributed by atoms with Gasteiger partial charge in [0.2, 0.25) is 0 Å². The summed E-state index contributed by atoms with van der Waals surface area (Å²) in [6.45, 7) is 18.3. The van der Waals surface area contributed by atoms with E-state index in [1.807, 2.05) is 0 Å². The number of aryl methyl sites for hydroxylation is 4. The van der Waals surface area contributed by atoms with Crippen molar-refractivity contribution < 1.29 is 57.7 Å². The van der Waals surface area contributed by atoms with Gasteiger partial charge in [0.25, 0.3) is 0 Å². The Morgan fingerprint density at radius 2 is 0.871 bits per heavy atom. The molecule has 2 aromatic carbocycles. The molecule has 0 fully saturated rings. The molecule has 0 heterocycles. The normalized spacial score (nSPS) is 14.9. The molecular formula is C26H33Cl3SiTi. The number of allylic oxidation sites excluding steroid dienone is 4. The fourth-order valence-corrected chi connectivity index (χ4v) is 10.4. The number of halogens is 3. The maximum absolute atomic E-state index is 2.49. The SMILES string of the molecule is CC1=C(C)[C]([Ti+3])(C[SiH](c2cc(C)cc(C)c2)c2cc(C)cc(C)c2)C(C)=C1C.[Cl-].[Cl-].[Cl-]. The van der Waals surface area contributed by atoms with E-state index in [0.29, 0.717) is 0 Å². The van der Waals surface area contributed by atoms with E-state index in [0.717, 1.165) is 0 Å². The molecule has 0 atom stereocenters. The first-order chi connectivity index (χ1) is 13.0. The van der Waals surface area contributed by atoms with Gasteiger partial charge in [-0.3, -0.25) is 0 Å². The smallest absolute Gasteiger partial charge is 1.00 e. The predicted octanol–water partition coefficient (Wildman–Crippen LogP) is -3.33. The first kappa shape index (κ1) is 30.7. The van der Waals surface area contributed by atoms with Crippen molar-refractivity contribution in [3.8, 4) is 0 Å². The van der Waals surface area contributed by atoms with Crippen LogP contribution in [0.1, 0.15) is 49.9 Å². The largest absolute Gasteiger partial charge is 1.00 e. The summed E-state index contributed by atoms with van der Waals surface area (Å²) < 4.78 is 0.181. The van der Waals surface area contributed by atoms with Crippen LogP contribution in [0.3, 0.4) is 0 Å². The average molecular weight is 528 g/mol. The van der Waals surface area contributed by atoms with Gasteiger partial charge in [0.1, 0.15) is 0 Å². The Bertz CT molecular complexity index is 892. The van der Waals surface area contributed by atoms with Crippen LogP contribution in [-0.4, -0.2) is 8.80 Å². The molecule has 166 valence electrons. The third-order valence-electron chi connectivity index (χ3n) is 6.77. The Balaban J connectivity index is 0.00000300. The monoisotopic (exact) mass is 526 g/mol. The molecule has 1 aliphatic rings. The van der Waals surface area contributed by atoms with Crippen molar-refractivity contribution in [1.29, 1.82) is 0 Å². The van der Waals surface area contributed by atoms with E-state index in [9.17, 15) is 0 Å². The van der Waals surface area contributed by atoms with Crippen molar-refractivity contribution in [2.45, 2.75) is 65.2 Å². The minimum Gasteiger partial charge on any atom is -1.00 e. The third kappa shape index (κ3) is 6.19. The third-order valence-corrected chi connectivity index (χ3v) is 12.2. The molecule has 31 heavy (non-hydrogen) atoms. The molecule has 2 aromatic rings. The van der Waals surface area contributed by atoms with Crippen LogP contribution in [-0.2, 0) is 20.4 Å². The summed E-state index contributed by atoms with van der Waals surface area (Å²) >= 11 is 2.49. The Kier molecular flexibility index (Phi) is 11.6. The van der Waals surface area contributed by atoms with Crippen LogP contribution >= 0.6 is 0 Å². The van der Waals surface area contributed by atoms with Gasteiger partial charge in [0.15, 0.2) is 0 Å². The van der Waals surface area contributed by atoms with E-state index in [2.05, 4.69) is 112 Å². The molecule has 0 N–H and O–H groups in total. The van der Waals surface area contributed by atoms with Crippen LogP contribution in [0.15, 0.2) is 58.7 Å². The molecule has 0 spiro atoms. The zero-order valence-electron chi connectivity index (χ0n) is 19.9. The molecule has 0 unspecified atom stereocenters. The van der Waals surface area contributed by atoms with E-state index in [1.165, 1.54) is 39.4 Å².